The van der Waals surface area contributed by atoms with Gasteiger partial charge in [-0.15, -0.1) is 10.2 Å². The first kappa shape index (κ1) is 25.9. The maximum atomic E-state index is 12.4. The summed E-state index contributed by atoms with van der Waals surface area (Å²) in [6.45, 7) is 3.12. The molecule has 1 N–H and O–H groups in total. The summed E-state index contributed by atoms with van der Waals surface area (Å²) in [6, 6.07) is 16.8. The molecule has 0 aliphatic carbocycles. The Morgan fingerprint density at radius 3 is 2.17 bits per heavy atom. The molecular weight excluding hydrogens is 488 g/mol. The van der Waals surface area contributed by atoms with Gasteiger partial charge in [-0.2, -0.15) is 5.26 Å². The third-order valence-corrected chi connectivity index (χ3v) is 7.17. The van der Waals surface area contributed by atoms with Gasteiger partial charge in [0, 0.05) is 12.7 Å². The molecule has 0 spiro atoms. The van der Waals surface area contributed by atoms with Crippen LogP contribution < -0.4 is 14.8 Å². The van der Waals surface area contributed by atoms with Crippen LogP contribution in [0, 0.1) is 11.3 Å². The van der Waals surface area contributed by atoms with Gasteiger partial charge in [-0.05, 0) is 47.9 Å². The van der Waals surface area contributed by atoms with Crippen LogP contribution in [0.2, 0.25) is 0 Å². The van der Waals surface area contributed by atoms with Gasteiger partial charge < -0.3 is 9.47 Å². The Hall–Kier alpha value is -3.75. The van der Waals surface area contributed by atoms with Crippen molar-refractivity contribution in [2.24, 2.45) is 0 Å². The predicted molar refractivity (Wildman–Crippen MR) is 133 cm³/mol. The summed E-state index contributed by atoms with van der Waals surface area (Å²) < 4.78 is 34.2. The second-order valence-corrected chi connectivity index (χ2v) is 10.6. The molecule has 11 heteroatoms. The Morgan fingerprint density at radius 2 is 1.66 bits per heavy atom. The number of ether oxygens (including phenoxy) is 2. The van der Waals surface area contributed by atoms with Crippen molar-refractivity contribution in [3.63, 3.8) is 0 Å². The second kappa shape index (κ2) is 12.1. The van der Waals surface area contributed by atoms with Crippen LogP contribution in [0.25, 0.3) is 6.08 Å². The Labute approximate surface area is 208 Å². The molecule has 0 aliphatic rings. The van der Waals surface area contributed by atoms with Crippen molar-refractivity contribution in [1.82, 2.24) is 10.2 Å². The van der Waals surface area contributed by atoms with Crippen molar-refractivity contribution >= 4 is 38.3 Å². The molecular formula is C24H24N4O5S2. The quantitative estimate of drug-likeness (QED) is 0.177. The Kier molecular flexibility index (Phi) is 8.94. The van der Waals surface area contributed by atoms with Crippen LogP contribution in [-0.4, -0.2) is 44.0 Å². The number of rotatable bonds is 11. The molecule has 1 amide bonds. The Bertz CT molecular complexity index is 1330. The zero-order valence-electron chi connectivity index (χ0n) is 19.2. The van der Waals surface area contributed by atoms with Crippen LogP contribution in [0.5, 0.6) is 11.5 Å². The van der Waals surface area contributed by atoms with Gasteiger partial charge >= 0.3 is 0 Å². The van der Waals surface area contributed by atoms with Gasteiger partial charge in [-0.25, -0.2) is 8.42 Å². The molecule has 0 saturated heterocycles. The summed E-state index contributed by atoms with van der Waals surface area (Å²) in [5.74, 6) is 0.769. The highest BCUT2D eigenvalue weighted by atomic mass is 32.2. The lowest BCUT2D eigenvalue weighted by Gasteiger charge is -2.09. The van der Waals surface area contributed by atoms with Gasteiger partial charge in [0.15, 0.2) is 0 Å². The number of anilines is 1. The molecule has 182 valence electrons. The minimum absolute atomic E-state index is 0.0118. The largest absolute Gasteiger partial charge is 0.493 e. The summed E-state index contributed by atoms with van der Waals surface area (Å²) >= 11 is 0.711. The number of carbonyl (C=O) groups is 1. The van der Waals surface area contributed by atoms with Crippen LogP contribution in [0.3, 0.4) is 0 Å². The predicted octanol–water partition coefficient (Wildman–Crippen LogP) is 3.90. The fraction of sp³-hybridized carbons (Fsp3) is 0.250. The summed E-state index contributed by atoms with van der Waals surface area (Å²) in [7, 11) is -3.53. The molecule has 0 fully saturated rings. The van der Waals surface area contributed by atoms with E-state index < -0.39 is 15.7 Å². The lowest BCUT2D eigenvalue weighted by molar-refractivity contribution is -0.112. The average Bonchev–Trinajstić information content (AvgIpc) is 3.32. The topological polar surface area (TPSA) is 131 Å². The maximum Gasteiger partial charge on any atom is 0.268 e. The fourth-order valence-electron chi connectivity index (χ4n) is 2.81. The SMILES string of the molecule is CCc1ccc(OCCCOc2ccc(/C=C(/C#N)C(=O)Nc3nnc(S(C)(=O)=O)s3)cc2)cc1. The molecule has 3 rings (SSSR count). The van der Waals surface area contributed by atoms with Crippen molar-refractivity contribution in [2.75, 3.05) is 24.8 Å². The highest BCUT2D eigenvalue weighted by Crippen LogP contribution is 2.21. The fourth-order valence-corrected chi connectivity index (χ4v) is 4.31. The monoisotopic (exact) mass is 512 g/mol. The molecule has 0 radical (unpaired) electrons. The Balaban J connectivity index is 1.48. The minimum Gasteiger partial charge on any atom is -0.493 e. The first-order valence-electron chi connectivity index (χ1n) is 10.7. The van der Waals surface area contributed by atoms with E-state index in [1.807, 2.05) is 30.3 Å². The minimum atomic E-state index is -3.53. The number of hydrogen-bond acceptors (Lipinski definition) is 9. The van der Waals surface area contributed by atoms with Gasteiger partial charge in [0.05, 0.1) is 13.2 Å². The average molecular weight is 513 g/mol. The van der Waals surface area contributed by atoms with Crippen LogP contribution in [-0.2, 0) is 21.1 Å². The van der Waals surface area contributed by atoms with Gasteiger partial charge in [0.25, 0.3) is 5.91 Å². The van der Waals surface area contributed by atoms with Crippen molar-refractivity contribution in [2.45, 2.75) is 24.1 Å². The van der Waals surface area contributed by atoms with Gasteiger partial charge in [-0.1, -0.05) is 42.5 Å². The number of benzene rings is 2. The molecule has 0 bridgehead atoms. The van der Waals surface area contributed by atoms with E-state index in [1.54, 1.807) is 24.3 Å². The molecule has 1 aromatic heterocycles. The summed E-state index contributed by atoms with van der Waals surface area (Å²) in [4.78, 5) is 12.4. The number of nitriles is 1. The lowest BCUT2D eigenvalue weighted by atomic mass is 10.1. The number of hydrogen-bond donors (Lipinski definition) is 1. The van der Waals surface area contributed by atoms with Crippen LogP contribution >= 0.6 is 11.3 Å². The van der Waals surface area contributed by atoms with E-state index in [4.69, 9.17) is 9.47 Å². The van der Waals surface area contributed by atoms with Gasteiger partial charge in [0.1, 0.15) is 23.1 Å². The second-order valence-electron chi connectivity index (χ2n) is 7.39. The van der Waals surface area contributed by atoms with E-state index in [2.05, 4.69) is 22.4 Å². The van der Waals surface area contributed by atoms with Crippen molar-refractivity contribution in [1.29, 1.82) is 5.26 Å². The smallest absolute Gasteiger partial charge is 0.268 e. The van der Waals surface area contributed by atoms with Crippen molar-refractivity contribution < 1.29 is 22.7 Å². The van der Waals surface area contributed by atoms with E-state index in [-0.39, 0.29) is 15.0 Å². The number of aromatic nitrogens is 2. The van der Waals surface area contributed by atoms with Crippen LogP contribution in [0.1, 0.15) is 24.5 Å². The van der Waals surface area contributed by atoms with E-state index in [0.717, 1.165) is 18.4 Å². The van der Waals surface area contributed by atoms with E-state index in [0.29, 0.717) is 42.3 Å². The van der Waals surface area contributed by atoms with Crippen molar-refractivity contribution in [3.05, 3.63) is 65.2 Å². The number of nitrogens with one attached hydrogen (secondary N) is 1. The van der Waals surface area contributed by atoms with E-state index >= 15 is 0 Å². The number of nitrogens with zero attached hydrogens (tertiary/aromatic N) is 3. The molecule has 35 heavy (non-hydrogen) atoms. The third-order valence-electron chi connectivity index (χ3n) is 4.66. The Morgan fingerprint density at radius 1 is 1.06 bits per heavy atom. The van der Waals surface area contributed by atoms with Crippen molar-refractivity contribution in [3.8, 4) is 17.6 Å². The molecule has 0 aliphatic heterocycles. The normalized spacial score (nSPS) is 11.5. The molecule has 0 saturated carbocycles. The molecule has 3 aromatic rings. The van der Waals surface area contributed by atoms with E-state index in [9.17, 15) is 18.5 Å². The molecule has 2 aromatic carbocycles. The molecule has 9 nitrogen and oxygen atoms in total. The van der Waals surface area contributed by atoms with Gasteiger partial charge in [-0.3, -0.25) is 10.1 Å². The first-order chi connectivity index (χ1) is 16.8. The molecule has 0 unspecified atom stereocenters. The van der Waals surface area contributed by atoms with Crippen LogP contribution in [0.4, 0.5) is 5.13 Å². The summed E-state index contributed by atoms with van der Waals surface area (Å²) in [5.41, 5.74) is 1.72. The number of aryl methyl sites for hydroxylation is 1. The maximum absolute atomic E-state index is 12.4. The highest BCUT2D eigenvalue weighted by molar-refractivity contribution is 7.92. The number of sulfone groups is 1. The lowest BCUT2D eigenvalue weighted by Crippen LogP contribution is -2.13. The zero-order chi connectivity index (χ0) is 25.3. The molecule has 1 heterocycles. The number of carbonyl (C=O) groups excluding carboxylic acids is 1. The third kappa shape index (κ3) is 7.91. The molecule has 0 atom stereocenters. The van der Waals surface area contributed by atoms with E-state index in [1.165, 1.54) is 11.6 Å². The van der Waals surface area contributed by atoms with Crippen LogP contribution in [0.15, 0.2) is 58.4 Å². The summed E-state index contributed by atoms with van der Waals surface area (Å²) in [5, 5.41) is 18.9. The van der Waals surface area contributed by atoms with Gasteiger partial charge in [0.2, 0.25) is 19.3 Å². The highest BCUT2D eigenvalue weighted by Gasteiger charge is 2.17. The first-order valence-corrected chi connectivity index (χ1v) is 13.4. The summed E-state index contributed by atoms with van der Waals surface area (Å²) in [6.07, 6.45) is 4.11. The standard InChI is InChI=1S/C24H24N4O5S2/c1-3-17-5-9-20(10-6-17)32-13-4-14-33-21-11-7-18(8-12-21)15-19(16-25)22(29)26-23-27-28-24(34-23)35(2,30)31/h5-12,15H,3-4,13-14H2,1-2H3,(H,26,27,29)/b19-15-. The zero-order valence-corrected chi connectivity index (χ0v) is 20.9. The number of amides is 1.